The predicted molar refractivity (Wildman–Crippen MR) is 116 cm³/mol. The van der Waals surface area contributed by atoms with Crippen molar-refractivity contribution in [2.24, 2.45) is 4.99 Å². The summed E-state index contributed by atoms with van der Waals surface area (Å²) < 4.78 is 23.0. The fourth-order valence-electron chi connectivity index (χ4n) is 2.87. The van der Waals surface area contributed by atoms with E-state index in [1.165, 1.54) is 11.1 Å². The largest absolute Gasteiger partial charge is 0.356 e. The first-order valence-electron chi connectivity index (χ1n) is 8.66. The van der Waals surface area contributed by atoms with Crippen molar-refractivity contribution in [1.29, 1.82) is 0 Å². The van der Waals surface area contributed by atoms with E-state index >= 15 is 0 Å². The summed E-state index contributed by atoms with van der Waals surface area (Å²) in [6.45, 7) is 5.21. The van der Waals surface area contributed by atoms with Gasteiger partial charge in [0.15, 0.2) is 15.8 Å². The van der Waals surface area contributed by atoms with Gasteiger partial charge >= 0.3 is 0 Å². The molecule has 1 aromatic rings. The van der Waals surface area contributed by atoms with Crippen LogP contribution in [0.25, 0.3) is 0 Å². The van der Waals surface area contributed by atoms with Gasteiger partial charge in [-0.2, -0.15) is 0 Å². The number of aryl methyl sites for hydroxylation is 1. The van der Waals surface area contributed by atoms with Gasteiger partial charge in [-0.05, 0) is 36.3 Å². The summed E-state index contributed by atoms with van der Waals surface area (Å²) in [7, 11) is -1.15. The Bertz CT molecular complexity index is 657. The first-order valence-corrected chi connectivity index (χ1v) is 10.5. The Morgan fingerprint density at radius 3 is 2.48 bits per heavy atom. The molecule has 1 saturated heterocycles. The van der Waals surface area contributed by atoms with Crippen LogP contribution < -0.4 is 10.6 Å². The first kappa shape index (κ1) is 22.2. The molecule has 1 fully saturated rings. The number of benzene rings is 1. The second-order valence-corrected chi connectivity index (χ2v) is 8.97. The molecular weight excluding hydrogens is 449 g/mol. The molecule has 7 heteroatoms. The lowest BCUT2D eigenvalue weighted by Crippen LogP contribution is -2.44. The molecule has 0 aromatic heterocycles. The summed E-state index contributed by atoms with van der Waals surface area (Å²) in [5.41, 5.74) is 2.71. The number of sulfone groups is 1. The van der Waals surface area contributed by atoms with Crippen LogP contribution in [0.3, 0.4) is 0 Å². The summed E-state index contributed by atoms with van der Waals surface area (Å²) in [6.07, 6.45) is 2.68. The van der Waals surface area contributed by atoms with Crippen LogP contribution in [-0.4, -0.2) is 45.5 Å². The number of nitrogens with one attached hydrogen (secondary N) is 2. The van der Waals surface area contributed by atoms with Gasteiger partial charge in [-0.25, -0.2) is 8.42 Å². The Hall–Kier alpha value is -0.830. The zero-order valence-electron chi connectivity index (χ0n) is 15.3. The fourth-order valence-corrected chi connectivity index (χ4v) is 4.54. The lowest BCUT2D eigenvalue weighted by molar-refractivity contribution is 0.599. The summed E-state index contributed by atoms with van der Waals surface area (Å²) >= 11 is 0. The second kappa shape index (κ2) is 10.4. The van der Waals surface area contributed by atoms with Crippen LogP contribution in [0.4, 0.5) is 0 Å². The minimum absolute atomic E-state index is 0. The molecule has 2 N–H and O–H groups in total. The maximum Gasteiger partial charge on any atom is 0.191 e. The average Bonchev–Trinajstić information content (AvgIpc) is 2.89. The summed E-state index contributed by atoms with van der Waals surface area (Å²) in [6, 6.07) is 8.78. The number of hydrogen-bond donors (Lipinski definition) is 2. The standard InChI is InChI=1S/C18H29N3O2S.HI/c1-14(2)16-8-6-15(7-9-16)5-4-11-20-18(19-3)21-17-10-12-24(22,23)13-17;/h6-9,14,17H,4-5,10-13H2,1-3H3,(H2,19,20,21);1H. The highest BCUT2D eigenvalue weighted by Gasteiger charge is 2.28. The molecule has 1 aliphatic rings. The third-order valence-corrected chi connectivity index (χ3v) is 6.15. The molecule has 1 aromatic carbocycles. The predicted octanol–water partition coefficient (Wildman–Crippen LogP) is 2.71. The molecule has 0 saturated carbocycles. The van der Waals surface area contributed by atoms with Crippen LogP contribution in [0.2, 0.25) is 0 Å². The number of guanidine groups is 1. The molecule has 0 aliphatic carbocycles. The highest BCUT2D eigenvalue weighted by atomic mass is 127. The van der Waals surface area contributed by atoms with E-state index in [4.69, 9.17) is 0 Å². The lowest BCUT2D eigenvalue weighted by Gasteiger charge is -2.16. The van der Waals surface area contributed by atoms with Gasteiger partial charge in [0.25, 0.3) is 0 Å². The number of rotatable bonds is 6. The van der Waals surface area contributed by atoms with Crippen LogP contribution in [0, 0.1) is 0 Å². The Kier molecular flexibility index (Phi) is 9.20. The smallest absolute Gasteiger partial charge is 0.191 e. The summed E-state index contributed by atoms with van der Waals surface area (Å²) in [4.78, 5) is 4.17. The number of aliphatic imine (C=N–C) groups is 1. The normalized spacial score (nSPS) is 19.5. The van der Waals surface area contributed by atoms with Crippen molar-refractivity contribution in [3.8, 4) is 0 Å². The molecule has 142 valence electrons. The van der Waals surface area contributed by atoms with E-state index in [9.17, 15) is 8.42 Å². The maximum atomic E-state index is 11.5. The van der Waals surface area contributed by atoms with Crippen molar-refractivity contribution in [2.75, 3.05) is 25.1 Å². The molecule has 0 spiro atoms. The van der Waals surface area contributed by atoms with Gasteiger partial charge in [0, 0.05) is 19.6 Å². The Balaban J connectivity index is 0.00000312. The van der Waals surface area contributed by atoms with E-state index in [1.54, 1.807) is 7.05 Å². The van der Waals surface area contributed by atoms with Crippen LogP contribution in [-0.2, 0) is 16.3 Å². The minimum Gasteiger partial charge on any atom is -0.356 e. The molecule has 0 bridgehead atoms. The van der Waals surface area contributed by atoms with Crippen molar-refractivity contribution in [3.05, 3.63) is 35.4 Å². The molecule has 1 aliphatic heterocycles. The van der Waals surface area contributed by atoms with E-state index in [2.05, 4.69) is 53.7 Å². The van der Waals surface area contributed by atoms with Gasteiger partial charge in [-0.15, -0.1) is 24.0 Å². The van der Waals surface area contributed by atoms with Crippen LogP contribution in [0.5, 0.6) is 0 Å². The Morgan fingerprint density at radius 2 is 1.96 bits per heavy atom. The van der Waals surface area contributed by atoms with Crippen LogP contribution in [0.15, 0.2) is 29.3 Å². The van der Waals surface area contributed by atoms with Gasteiger partial charge in [-0.1, -0.05) is 38.1 Å². The van der Waals surface area contributed by atoms with Crippen molar-refractivity contribution < 1.29 is 8.42 Å². The quantitative estimate of drug-likeness (QED) is 0.285. The summed E-state index contributed by atoms with van der Waals surface area (Å²) in [5.74, 6) is 1.73. The van der Waals surface area contributed by atoms with Crippen molar-refractivity contribution in [2.45, 2.75) is 45.1 Å². The highest BCUT2D eigenvalue weighted by molar-refractivity contribution is 14.0. The molecule has 0 amide bonds. The van der Waals surface area contributed by atoms with Crippen molar-refractivity contribution in [1.82, 2.24) is 10.6 Å². The second-order valence-electron chi connectivity index (χ2n) is 6.74. The molecule has 1 heterocycles. The molecule has 1 unspecified atom stereocenters. The van der Waals surface area contributed by atoms with Gasteiger partial charge in [0.2, 0.25) is 0 Å². The zero-order valence-corrected chi connectivity index (χ0v) is 18.4. The SMILES string of the molecule is CN=C(NCCCc1ccc(C(C)C)cc1)NC1CCS(=O)(=O)C1.I. The van der Waals surface area contributed by atoms with Gasteiger partial charge < -0.3 is 10.6 Å². The van der Waals surface area contributed by atoms with E-state index < -0.39 is 9.84 Å². The lowest BCUT2D eigenvalue weighted by atomic mass is 10.0. The van der Waals surface area contributed by atoms with Gasteiger partial charge in [0.1, 0.15) is 0 Å². The molecule has 1 atom stereocenters. The molecule has 5 nitrogen and oxygen atoms in total. The number of halogens is 1. The topological polar surface area (TPSA) is 70.6 Å². The monoisotopic (exact) mass is 479 g/mol. The fraction of sp³-hybridized carbons (Fsp3) is 0.611. The Labute approximate surface area is 169 Å². The van der Waals surface area contributed by atoms with Gasteiger partial charge in [0.05, 0.1) is 11.5 Å². The Morgan fingerprint density at radius 1 is 1.28 bits per heavy atom. The highest BCUT2D eigenvalue weighted by Crippen LogP contribution is 2.15. The zero-order chi connectivity index (χ0) is 17.6. The number of hydrogen-bond acceptors (Lipinski definition) is 3. The van der Waals surface area contributed by atoms with Crippen molar-refractivity contribution in [3.63, 3.8) is 0 Å². The van der Waals surface area contributed by atoms with Crippen LogP contribution in [0.1, 0.15) is 43.7 Å². The van der Waals surface area contributed by atoms with Crippen LogP contribution >= 0.6 is 24.0 Å². The van der Waals surface area contributed by atoms with E-state index in [-0.39, 0.29) is 41.5 Å². The molecule has 25 heavy (non-hydrogen) atoms. The molecule has 0 radical (unpaired) electrons. The third-order valence-electron chi connectivity index (χ3n) is 4.38. The molecule has 2 rings (SSSR count). The molecular formula is C18H30IN3O2S. The number of nitrogens with zero attached hydrogens (tertiary/aromatic N) is 1. The van der Waals surface area contributed by atoms with E-state index in [1.807, 2.05) is 0 Å². The van der Waals surface area contributed by atoms with E-state index in [0.29, 0.717) is 18.3 Å². The minimum atomic E-state index is -2.87. The van der Waals surface area contributed by atoms with E-state index in [0.717, 1.165) is 19.4 Å². The average molecular weight is 479 g/mol. The van der Waals surface area contributed by atoms with Gasteiger partial charge in [-0.3, -0.25) is 4.99 Å². The third kappa shape index (κ3) is 7.52. The summed E-state index contributed by atoms with van der Waals surface area (Å²) in [5, 5.41) is 6.47. The van der Waals surface area contributed by atoms with Crippen molar-refractivity contribution >= 4 is 39.8 Å². The first-order chi connectivity index (χ1) is 11.4. The maximum absolute atomic E-state index is 11.5.